The van der Waals surface area contributed by atoms with Crippen molar-refractivity contribution in [2.45, 2.75) is 0 Å². The molecule has 0 amide bonds. The van der Waals surface area contributed by atoms with Gasteiger partial charge in [-0.3, -0.25) is 0 Å². The molecule has 14 rings (SSSR count). The van der Waals surface area contributed by atoms with Gasteiger partial charge in [-0.1, -0.05) is 194 Å². The van der Waals surface area contributed by atoms with Crippen molar-refractivity contribution in [1.82, 2.24) is 24.1 Å². The van der Waals surface area contributed by atoms with Gasteiger partial charge in [-0.2, -0.15) is 0 Å². The second-order valence-electron chi connectivity index (χ2n) is 17.5. The normalized spacial score (nSPS) is 11.8. The molecule has 0 bridgehead atoms. The Morgan fingerprint density at radius 3 is 1.36 bits per heavy atom. The maximum atomic E-state index is 7.41. The largest absolute Gasteiger partial charge is 0.452 e. The zero-order valence-corrected chi connectivity index (χ0v) is 37.2. The third-order valence-corrected chi connectivity index (χ3v) is 13.6. The van der Waals surface area contributed by atoms with Crippen LogP contribution in [0.15, 0.2) is 241 Å². The molecule has 0 saturated heterocycles. The average Bonchev–Trinajstić information content (AvgIpc) is 4.10. The summed E-state index contributed by atoms with van der Waals surface area (Å²) in [6.07, 6.45) is 0. The molecule has 0 fully saturated rings. The average molecular weight is 882 g/mol. The van der Waals surface area contributed by atoms with Gasteiger partial charge < -0.3 is 13.6 Å². The van der Waals surface area contributed by atoms with E-state index in [1.807, 2.05) is 36.4 Å². The smallest absolute Gasteiger partial charge is 0.164 e. The molecular weight excluding hydrogens is 843 g/mol. The van der Waals surface area contributed by atoms with E-state index in [4.69, 9.17) is 19.4 Å². The quantitative estimate of drug-likeness (QED) is 0.160. The van der Waals surface area contributed by atoms with Gasteiger partial charge in [-0.15, -0.1) is 0 Å². The molecule has 4 heterocycles. The first kappa shape index (κ1) is 38.8. The standard InChI is InChI=1S/C63H39N5O/c1-4-17-40(18-5-1)41-31-33-44(34-32-41)62-64-61(43-21-8-3-9-22-43)65-63(66-62)45-23-16-24-46(39-45)67-55-29-14-11-26-48(55)50-35-37-52-53-38-36-51-49-27-12-15-30-56(49)68(58(51)60(53)69-59(52)57(50)67)54-28-13-10-25-47(54)42-19-6-2-7-20-42/h1-39H. The van der Waals surface area contributed by atoms with Gasteiger partial charge in [-0.25, -0.2) is 15.0 Å². The van der Waals surface area contributed by atoms with Crippen molar-refractivity contribution in [1.29, 1.82) is 0 Å². The molecule has 0 spiro atoms. The Balaban J connectivity index is 0.986. The number of hydrogen-bond acceptors (Lipinski definition) is 4. The molecule has 6 heteroatoms. The maximum Gasteiger partial charge on any atom is 0.164 e. The molecule has 322 valence electrons. The first-order chi connectivity index (χ1) is 34.2. The number of furan rings is 1. The third kappa shape index (κ3) is 6.23. The Bertz CT molecular complexity index is 4280. The summed E-state index contributed by atoms with van der Waals surface area (Å²) < 4.78 is 12.2. The fraction of sp³-hybridized carbons (Fsp3) is 0. The molecule has 0 N–H and O–H groups in total. The van der Waals surface area contributed by atoms with Crippen LogP contribution in [0.1, 0.15) is 0 Å². The maximum absolute atomic E-state index is 7.41. The van der Waals surface area contributed by atoms with Crippen molar-refractivity contribution in [3.63, 3.8) is 0 Å². The lowest BCUT2D eigenvalue weighted by atomic mass is 10.0. The van der Waals surface area contributed by atoms with Crippen molar-refractivity contribution in [2.75, 3.05) is 0 Å². The van der Waals surface area contributed by atoms with Gasteiger partial charge in [0.25, 0.3) is 0 Å². The van der Waals surface area contributed by atoms with Crippen molar-refractivity contribution in [3.8, 4) is 67.8 Å². The number of hydrogen-bond donors (Lipinski definition) is 0. The van der Waals surface area contributed by atoms with Crippen LogP contribution < -0.4 is 0 Å². The monoisotopic (exact) mass is 881 g/mol. The Kier molecular flexibility index (Phi) is 8.79. The lowest BCUT2D eigenvalue weighted by Crippen LogP contribution is -2.01. The van der Waals surface area contributed by atoms with Gasteiger partial charge in [0.2, 0.25) is 0 Å². The van der Waals surface area contributed by atoms with Crippen molar-refractivity contribution in [2.24, 2.45) is 0 Å². The topological polar surface area (TPSA) is 61.7 Å². The van der Waals surface area contributed by atoms with Crippen LogP contribution in [0.5, 0.6) is 0 Å². The zero-order valence-electron chi connectivity index (χ0n) is 37.2. The highest BCUT2D eigenvalue weighted by atomic mass is 16.3. The molecule has 4 aromatic heterocycles. The van der Waals surface area contributed by atoms with Crippen LogP contribution in [-0.4, -0.2) is 24.1 Å². The summed E-state index contributed by atoms with van der Waals surface area (Å²) in [6.45, 7) is 0. The van der Waals surface area contributed by atoms with Crippen LogP contribution in [0.2, 0.25) is 0 Å². The van der Waals surface area contributed by atoms with E-state index in [9.17, 15) is 0 Å². The molecule has 69 heavy (non-hydrogen) atoms. The predicted octanol–water partition coefficient (Wildman–Crippen LogP) is 16.3. The van der Waals surface area contributed by atoms with E-state index in [1.165, 1.54) is 5.39 Å². The highest BCUT2D eigenvalue weighted by Gasteiger charge is 2.24. The summed E-state index contributed by atoms with van der Waals surface area (Å²) in [5.74, 6) is 1.82. The van der Waals surface area contributed by atoms with Crippen LogP contribution in [0, 0.1) is 0 Å². The van der Waals surface area contributed by atoms with Crippen molar-refractivity contribution >= 4 is 65.6 Å². The molecule has 0 atom stereocenters. The summed E-state index contributed by atoms with van der Waals surface area (Å²) in [5.41, 5.74) is 15.3. The number of fused-ring (bicyclic) bond motifs is 11. The molecule has 0 aliphatic rings. The lowest BCUT2D eigenvalue weighted by Gasteiger charge is -2.14. The van der Waals surface area contributed by atoms with Crippen LogP contribution in [-0.2, 0) is 0 Å². The van der Waals surface area contributed by atoms with Crippen molar-refractivity contribution in [3.05, 3.63) is 237 Å². The summed E-state index contributed by atoms with van der Waals surface area (Å²) in [4.78, 5) is 15.4. The zero-order chi connectivity index (χ0) is 45.4. The molecule has 0 radical (unpaired) electrons. The van der Waals surface area contributed by atoms with E-state index >= 15 is 0 Å². The number of aromatic nitrogens is 5. The van der Waals surface area contributed by atoms with Gasteiger partial charge in [0, 0.05) is 60.3 Å². The fourth-order valence-electron chi connectivity index (χ4n) is 10.4. The van der Waals surface area contributed by atoms with Crippen LogP contribution in [0.3, 0.4) is 0 Å². The van der Waals surface area contributed by atoms with E-state index in [0.717, 1.165) is 110 Å². The van der Waals surface area contributed by atoms with Gasteiger partial charge in [0.05, 0.1) is 27.8 Å². The van der Waals surface area contributed by atoms with E-state index in [1.54, 1.807) is 0 Å². The second-order valence-corrected chi connectivity index (χ2v) is 17.5. The number of rotatable bonds is 7. The molecule has 10 aromatic carbocycles. The van der Waals surface area contributed by atoms with Gasteiger partial charge in [0.1, 0.15) is 0 Å². The Labute approximate surface area is 396 Å². The first-order valence-electron chi connectivity index (χ1n) is 23.3. The molecule has 0 saturated carbocycles. The van der Waals surface area contributed by atoms with Crippen LogP contribution >= 0.6 is 0 Å². The minimum atomic E-state index is 0.591. The minimum Gasteiger partial charge on any atom is -0.452 e. The molecular formula is C63H39N5O. The molecule has 0 unspecified atom stereocenters. The molecule has 0 aliphatic carbocycles. The van der Waals surface area contributed by atoms with Gasteiger partial charge in [-0.05, 0) is 59.2 Å². The minimum absolute atomic E-state index is 0.591. The number of para-hydroxylation sites is 3. The Morgan fingerprint density at radius 2 is 0.725 bits per heavy atom. The van der Waals surface area contributed by atoms with Gasteiger partial charge in [0.15, 0.2) is 28.6 Å². The fourth-order valence-corrected chi connectivity index (χ4v) is 10.4. The number of benzene rings is 10. The summed E-state index contributed by atoms with van der Waals surface area (Å²) in [5, 5.41) is 6.69. The summed E-state index contributed by atoms with van der Waals surface area (Å²) in [6, 6.07) is 83.1. The first-order valence-corrected chi connectivity index (χ1v) is 23.3. The molecule has 6 nitrogen and oxygen atoms in total. The highest BCUT2D eigenvalue weighted by Crippen LogP contribution is 2.45. The predicted molar refractivity (Wildman–Crippen MR) is 283 cm³/mol. The Morgan fingerprint density at radius 1 is 0.290 bits per heavy atom. The second kappa shape index (κ2) is 15.6. The SMILES string of the molecule is c1ccc(-c2ccc(-c3nc(-c4ccccc4)nc(-c4cccc(-n5c6ccccc6c6ccc7c8ccc9c%10ccccc%10n(-c%10ccccc%10-c%10ccccc%10)c9c8oc7c65)c4)n3)cc2)cc1. The lowest BCUT2D eigenvalue weighted by molar-refractivity contribution is 0.673. The Hall–Kier alpha value is -9.39. The molecule has 14 aromatic rings. The molecule has 0 aliphatic heterocycles. The van der Waals surface area contributed by atoms with Crippen molar-refractivity contribution < 1.29 is 4.42 Å². The summed E-state index contributed by atoms with van der Waals surface area (Å²) in [7, 11) is 0. The van der Waals surface area contributed by atoms with E-state index < -0.39 is 0 Å². The van der Waals surface area contributed by atoms with Crippen LogP contribution in [0.4, 0.5) is 0 Å². The number of nitrogens with zero attached hydrogens (tertiary/aromatic N) is 5. The van der Waals surface area contributed by atoms with E-state index in [0.29, 0.717) is 17.5 Å². The van der Waals surface area contributed by atoms with E-state index in [-0.39, 0.29) is 0 Å². The van der Waals surface area contributed by atoms with Gasteiger partial charge >= 0.3 is 0 Å². The third-order valence-electron chi connectivity index (χ3n) is 13.6. The highest BCUT2D eigenvalue weighted by molar-refractivity contribution is 6.26. The summed E-state index contributed by atoms with van der Waals surface area (Å²) >= 11 is 0. The van der Waals surface area contributed by atoms with E-state index in [2.05, 4.69) is 209 Å². The van der Waals surface area contributed by atoms with Crippen LogP contribution in [0.25, 0.3) is 133 Å².